The zero-order valence-electron chi connectivity index (χ0n) is 12.9. The minimum absolute atomic E-state index is 0.0133. The van der Waals surface area contributed by atoms with Crippen LogP contribution in [0.25, 0.3) is 0 Å². The molecule has 0 spiro atoms. The molecule has 3 rings (SSSR count). The first-order valence-electron chi connectivity index (χ1n) is 7.94. The summed E-state index contributed by atoms with van der Waals surface area (Å²) in [5.41, 5.74) is 1.98. The van der Waals surface area contributed by atoms with E-state index in [1.165, 1.54) is 5.56 Å². The fourth-order valence-electron chi connectivity index (χ4n) is 2.94. The fraction of sp³-hybridized carbons (Fsp3) is 0.263. The summed E-state index contributed by atoms with van der Waals surface area (Å²) >= 11 is 0. The molecule has 1 aliphatic rings. The molecule has 0 bridgehead atoms. The Balaban J connectivity index is 1.61. The van der Waals surface area contributed by atoms with Crippen molar-refractivity contribution in [1.29, 1.82) is 0 Å². The van der Waals surface area contributed by atoms with Crippen LogP contribution in [0, 0.1) is 0 Å². The molecule has 2 amide bonds. The van der Waals surface area contributed by atoms with E-state index in [1.54, 1.807) is 4.90 Å². The summed E-state index contributed by atoms with van der Waals surface area (Å²) in [5, 5.41) is 2.96. The topological polar surface area (TPSA) is 49.4 Å². The van der Waals surface area contributed by atoms with Gasteiger partial charge in [0.2, 0.25) is 11.8 Å². The molecule has 1 fully saturated rings. The molecule has 23 heavy (non-hydrogen) atoms. The molecule has 4 heteroatoms. The number of carbonyl (C=O) groups excluding carboxylic acids is 2. The number of nitrogens with zero attached hydrogens (tertiary/aromatic N) is 1. The SMILES string of the molecule is O=C(NCCc1ccccc1)C1CCC(=O)N1c1ccccc1. The average molecular weight is 308 g/mol. The van der Waals surface area contributed by atoms with Crippen LogP contribution in [0.5, 0.6) is 0 Å². The third-order valence-corrected chi connectivity index (χ3v) is 4.10. The molecule has 1 saturated heterocycles. The van der Waals surface area contributed by atoms with Gasteiger partial charge in [-0.3, -0.25) is 14.5 Å². The van der Waals surface area contributed by atoms with Crippen LogP contribution < -0.4 is 10.2 Å². The second-order valence-corrected chi connectivity index (χ2v) is 5.68. The highest BCUT2D eigenvalue weighted by atomic mass is 16.2. The molecule has 4 nitrogen and oxygen atoms in total. The normalized spacial score (nSPS) is 17.3. The predicted molar refractivity (Wildman–Crippen MR) is 90.1 cm³/mol. The number of carbonyl (C=O) groups is 2. The van der Waals surface area contributed by atoms with Gasteiger partial charge in [0.15, 0.2) is 0 Å². The zero-order chi connectivity index (χ0) is 16.1. The van der Waals surface area contributed by atoms with Gasteiger partial charge >= 0.3 is 0 Å². The smallest absolute Gasteiger partial charge is 0.243 e. The fourth-order valence-corrected chi connectivity index (χ4v) is 2.94. The van der Waals surface area contributed by atoms with Gasteiger partial charge in [-0.25, -0.2) is 0 Å². The molecule has 2 aromatic rings. The Labute approximate surface area is 136 Å². The molecule has 0 aliphatic carbocycles. The number of benzene rings is 2. The Hall–Kier alpha value is -2.62. The first-order valence-corrected chi connectivity index (χ1v) is 7.94. The van der Waals surface area contributed by atoms with E-state index < -0.39 is 6.04 Å². The molecule has 0 aromatic heterocycles. The highest BCUT2D eigenvalue weighted by Crippen LogP contribution is 2.26. The number of amides is 2. The number of anilines is 1. The van der Waals surface area contributed by atoms with Gasteiger partial charge in [0.25, 0.3) is 0 Å². The van der Waals surface area contributed by atoms with Crippen molar-refractivity contribution < 1.29 is 9.59 Å². The molecule has 1 heterocycles. The average Bonchev–Trinajstić information content (AvgIpc) is 2.98. The molecular formula is C19H20N2O2. The van der Waals surface area contributed by atoms with Gasteiger partial charge in [0.05, 0.1) is 0 Å². The number of nitrogens with one attached hydrogen (secondary N) is 1. The van der Waals surface area contributed by atoms with Crippen molar-refractivity contribution in [2.75, 3.05) is 11.4 Å². The lowest BCUT2D eigenvalue weighted by molar-refractivity contribution is -0.123. The number of hydrogen-bond acceptors (Lipinski definition) is 2. The third-order valence-electron chi connectivity index (χ3n) is 4.10. The summed E-state index contributed by atoms with van der Waals surface area (Å²) in [6, 6.07) is 19.0. The van der Waals surface area contributed by atoms with Gasteiger partial charge in [0, 0.05) is 18.7 Å². The van der Waals surface area contributed by atoms with Crippen LogP contribution in [0.1, 0.15) is 18.4 Å². The number of para-hydroxylation sites is 1. The molecule has 0 radical (unpaired) electrons. The maximum absolute atomic E-state index is 12.5. The lowest BCUT2D eigenvalue weighted by Crippen LogP contribution is -2.45. The van der Waals surface area contributed by atoms with Crippen LogP contribution in [0.3, 0.4) is 0 Å². The van der Waals surface area contributed by atoms with Gasteiger partial charge in [-0.15, -0.1) is 0 Å². The maximum Gasteiger partial charge on any atom is 0.243 e. The van der Waals surface area contributed by atoms with E-state index in [0.717, 1.165) is 12.1 Å². The van der Waals surface area contributed by atoms with Crippen LogP contribution >= 0.6 is 0 Å². The van der Waals surface area contributed by atoms with Crippen molar-refractivity contribution >= 4 is 17.5 Å². The highest BCUT2D eigenvalue weighted by molar-refractivity contribution is 6.03. The van der Waals surface area contributed by atoms with E-state index in [9.17, 15) is 9.59 Å². The minimum Gasteiger partial charge on any atom is -0.354 e. The molecule has 1 unspecified atom stereocenters. The van der Waals surface area contributed by atoms with E-state index in [2.05, 4.69) is 5.32 Å². The second-order valence-electron chi connectivity index (χ2n) is 5.68. The molecule has 118 valence electrons. The Bertz CT molecular complexity index is 670. The monoisotopic (exact) mass is 308 g/mol. The van der Waals surface area contributed by atoms with Gasteiger partial charge in [-0.2, -0.15) is 0 Å². The maximum atomic E-state index is 12.5. The standard InChI is InChI=1S/C19H20N2O2/c22-18-12-11-17(21(18)16-9-5-2-6-10-16)19(23)20-14-13-15-7-3-1-4-8-15/h1-10,17H,11-14H2,(H,20,23). The quantitative estimate of drug-likeness (QED) is 0.923. The molecule has 1 atom stereocenters. The van der Waals surface area contributed by atoms with Crippen molar-refractivity contribution in [2.45, 2.75) is 25.3 Å². The summed E-state index contributed by atoms with van der Waals surface area (Å²) in [4.78, 5) is 26.2. The molecule has 1 N–H and O–H groups in total. The second kappa shape index (κ2) is 7.09. The summed E-state index contributed by atoms with van der Waals surface area (Å²) in [6.07, 6.45) is 1.79. The van der Waals surface area contributed by atoms with Crippen LogP contribution in [0.2, 0.25) is 0 Å². The lowest BCUT2D eigenvalue weighted by Gasteiger charge is -2.24. The van der Waals surface area contributed by atoms with Crippen LogP contribution in [-0.4, -0.2) is 24.4 Å². The van der Waals surface area contributed by atoms with E-state index in [0.29, 0.717) is 19.4 Å². The summed E-state index contributed by atoms with van der Waals surface area (Å²) in [5.74, 6) is -0.0601. The van der Waals surface area contributed by atoms with E-state index in [-0.39, 0.29) is 11.8 Å². The highest BCUT2D eigenvalue weighted by Gasteiger charge is 2.36. The van der Waals surface area contributed by atoms with Crippen LogP contribution in [-0.2, 0) is 16.0 Å². The number of hydrogen-bond donors (Lipinski definition) is 1. The van der Waals surface area contributed by atoms with Crippen molar-refractivity contribution in [3.63, 3.8) is 0 Å². The zero-order valence-corrected chi connectivity index (χ0v) is 12.9. The Kier molecular flexibility index (Phi) is 4.71. The molecule has 0 saturated carbocycles. The van der Waals surface area contributed by atoms with Crippen molar-refractivity contribution in [3.8, 4) is 0 Å². The summed E-state index contributed by atoms with van der Waals surface area (Å²) in [6.45, 7) is 0.580. The van der Waals surface area contributed by atoms with Gasteiger partial charge < -0.3 is 5.32 Å². The van der Waals surface area contributed by atoms with Gasteiger partial charge in [-0.05, 0) is 30.5 Å². The summed E-state index contributed by atoms with van der Waals surface area (Å²) in [7, 11) is 0. The van der Waals surface area contributed by atoms with Crippen molar-refractivity contribution in [3.05, 3.63) is 66.2 Å². The Morgan fingerprint density at radius 2 is 1.70 bits per heavy atom. The summed E-state index contributed by atoms with van der Waals surface area (Å²) < 4.78 is 0. The van der Waals surface area contributed by atoms with E-state index in [1.807, 2.05) is 60.7 Å². The van der Waals surface area contributed by atoms with E-state index in [4.69, 9.17) is 0 Å². The largest absolute Gasteiger partial charge is 0.354 e. The Morgan fingerprint density at radius 1 is 1.04 bits per heavy atom. The first kappa shape index (κ1) is 15.3. The molecule has 1 aliphatic heterocycles. The van der Waals surface area contributed by atoms with Crippen LogP contribution in [0.4, 0.5) is 5.69 Å². The van der Waals surface area contributed by atoms with Crippen molar-refractivity contribution in [2.24, 2.45) is 0 Å². The molecular weight excluding hydrogens is 288 g/mol. The van der Waals surface area contributed by atoms with Gasteiger partial charge in [-0.1, -0.05) is 48.5 Å². The molecule has 2 aromatic carbocycles. The van der Waals surface area contributed by atoms with Gasteiger partial charge in [0.1, 0.15) is 6.04 Å². The minimum atomic E-state index is -0.402. The van der Waals surface area contributed by atoms with Crippen molar-refractivity contribution in [1.82, 2.24) is 5.32 Å². The third kappa shape index (κ3) is 3.59. The van der Waals surface area contributed by atoms with Crippen LogP contribution in [0.15, 0.2) is 60.7 Å². The first-order chi connectivity index (χ1) is 11.3. The Morgan fingerprint density at radius 3 is 2.39 bits per heavy atom. The van der Waals surface area contributed by atoms with E-state index >= 15 is 0 Å². The lowest BCUT2D eigenvalue weighted by atomic mass is 10.1. The predicted octanol–water partition coefficient (Wildman–Crippen LogP) is 2.54. The number of rotatable bonds is 5.